The van der Waals surface area contributed by atoms with Crippen LogP contribution >= 0.6 is 0 Å². The van der Waals surface area contributed by atoms with E-state index >= 15 is 0 Å². The summed E-state index contributed by atoms with van der Waals surface area (Å²) < 4.78 is 66.8. The Bertz CT molecular complexity index is 1620. The fourth-order valence-electron chi connectivity index (χ4n) is 4.66. The third-order valence-corrected chi connectivity index (χ3v) is 7.08. The van der Waals surface area contributed by atoms with E-state index in [1.807, 2.05) is 6.07 Å². The van der Waals surface area contributed by atoms with Crippen LogP contribution in [0.1, 0.15) is 54.7 Å². The third-order valence-electron chi connectivity index (χ3n) is 7.08. The Kier molecular flexibility index (Phi) is 5.35. The molecule has 0 aromatic carbocycles. The van der Waals surface area contributed by atoms with Crippen molar-refractivity contribution in [3.05, 3.63) is 53.4 Å². The standard InChI is InChI=1S/C24H20F5N9O/c1-22(15-5-4-12(36-37-15)11-2-3-11)16-17(30)33-18(34-19(16)35-21(22)39)14-10-38-9-8-31-20(38)13(32-14)6-7-23(25,26)24(27,28)29/h4-5,8-11H,2-3,6-7H2,1H3,(H3,30,33,34,35,39). The number of hydrogen-bond acceptors (Lipinski definition) is 8. The van der Waals surface area contributed by atoms with Gasteiger partial charge < -0.3 is 15.5 Å². The molecule has 1 saturated carbocycles. The Morgan fingerprint density at radius 2 is 1.90 bits per heavy atom. The quantitative estimate of drug-likeness (QED) is 0.349. The molecule has 0 bridgehead atoms. The zero-order chi connectivity index (χ0) is 27.7. The van der Waals surface area contributed by atoms with Gasteiger partial charge in [0.25, 0.3) is 0 Å². The number of rotatable bonds is 6. The minimum Gasteiger partial charge on any atom is -0.383 e. The van der Waals surface area contributed by atoms with Crippen LogP contribution in [0.5, 0.6) is 0 Å². The summed E-state index contributed by atoms with van der Waals surface area (Å²) in [4.78, 5) is 30.1. The number of nitrogen functional groups attached to an aromatic ring is 1. The van der Waals surface area contributed by atoms with E-state index in [4.69, 9.17) is 5.73 Å². The Hall–Kier alpha value is -4.30. The summed E-state index contributed by atoms with van der Waals surface area (Å²) in [6.07, 6.45) is -1.57. The first-order valence-electron chi connectivity index (χ1n) is 12.0. The molecule has 1 atom stereocenters. The predicted octanol–water partition coefficient (Wildman–Crippen LogP) is 3.82. The molecule has 1 fully saturated rings. The number of imidazole rings is 1. The first kappa shape index (κ1) is 25.0. The Labute approximate surface area is 216 Å². The van der Waals surface area contributed by atoms with E-state index in [0.29, 0.717) is 17.2 Å². The molecule has 4 aromatic heterocycles. The van der Waals surface area contributed by atoms with Gasteiger partial charge in [-0.3, -0.25) is 4.79 Å². The first-order chi connectivity index (χ1) is 18.4. The van der Waals surface area contributed by atoms with Gasteiger partial charge in [0, 0.05) is 30.9 Å². The summed E-state index contributed by atoms with van der Waals surface area (Å²) in [5.41, 5.74) is 6.52. The minimum atomic E-state index is -5.69. The largest absolute Gasteiger partial charge is 0.453 e. The molecule has 39 heavy (non-hydrogen) atoms. The van der Waals surface area contributed by atoms with E-state index in [1.165, 1.54) is 23.0 Å². The highest BCUT2D eigenvalue weighted by Crippen LogP contribution is 2.45. The van der Waals surface area contributed by atoms with E-state index in [9.17, 15) is 26.7 Å². The van der Waals surface area contributed by atoms with E-state index < -0.39 is 36.3 Å². The van der Waals surface area contributed by atoms with Gasteiger partial charge in [-0.15, -0.1) is 0 Å². The lowest BCUT2D eigenvalue weighted by atomic mass is 9.81. The SMILES string of the molecule is CC1(c2ccc(C3CC3)nn2)C(=O)Nc2nc(-c3cn4ccnc4c(CCC(F)(F)C(F)(F)F)n3)nc(N)c21. The van der Waals surface area contributed by atoms with Crippen molar-refractivity contribution in [2.24, 2.45) is 0 Å². The molecule has 3 N–H and O–H groups in total. The maximum absolute atomic E-state index is 13.6. The second kappa shape index (κ2) is 8.35. The molecule has 1 aliphatic carbocycles. The van der Waals surface area contributed by atoms with Crippen LogP contribution in [0, 0.1) is 0 Å². The number of anilines is 2. The van der Waals surface area contributed by atoms with Crippen LogP contribution in [0.2, 0.25) is 0 Å². The van der Waals surface area contributed by atoms with E-state index in [1.54, 1.807) is 13.0 Å². The van der Waals surface area contributed by atoms with Gasteiger partial charge in [-0.05, 0) is 38.3 Å². The van der Waals surface area contributed by atoms with Gasteiger partial charge in [-0.25, -0.2) is 19.9 Å². The van der Waals surface area contributed by atoms with Crippen molar-refractivity contribution in [1.82, 2.24) is 34.5 Å². The molecule has 0 saturated heterocycles. The Morgan fingerprint density at radius 1 is 1.13 bits per heavy atom. The van der Waals surface area contributed by atoms with Crippen LogP contribution in [-0.4, -0.2) is 52.5 Å². The maximum atomic E-state index is 13.6. The summed E-state index contributed by atoms with van der Waals surface area (Å²) in [6, 6.07) is 3.55. The van der Waals surface area contributed by atoms with E-state index in [0.717, 1.165) is 18.5 Å². The van der Waals surface area contributed by atoms with Crippen molar-refractivity contribution >= 4 is 23.2 Å². The monoisotopic (exact) mass is 545 g/mol. The van der Waals surface area contributed by atoms with Crippen LogP contribution in [0.3, 0.4) is 0 Å². The zero-order valence-electron chi connectivity index (χ0n) is 20.3. The molecule has 1 amide bonds. The number of nitrogens with zero attached hydrogens (tertiary/aromatic N) is 7. The minimum absolute atomic E-state index is 0.0387. The van der Waals surface area contributed by atoms with Crippen LogP contribution in [0.4, 0.5) is 33.6 Å². The summed E-state index contributed by atoms with van der Waals surface area (Å²) in [7, 11) is 0. The molecule has 15 heteroatoms. The fraction of sp³-hybridized carbons (Fsp3) is 0.375. The van der Waals surface area contributed by atoms with Crippen molar-refractivity contribution in [2.45, 2.75) is 56.0 Å². The lowest BCUT2D eigenvalue weighted by molar-refractivity contribution is -0.284. The summed E-state index contributed by atoms with van der Waals surface area (Å²) in [5.74, 6) is -4.98. The highest BCUT2D eigenvalue weighted by Gasteiger charge is 2.56. The summed E-state index contributed by atoms with van der Waals surface area (Å²) in [6.45, 7) is 1.63. The zero-order valence-corrected chi connectivity index (χ0v) is 20.3. The van der Waals surface area contributed by atoms with Gasteiger partial charge >= 0.3 is 12.1 Å². The fourth-order valence-corrected chi connectivity index (χ4v) is 4.66. The van der Waals surface area contributed by atoms with E-state index in [2.05, 4.69) is 35.5 Å². The number of carbonyl (C=O) groups is 1. The highest BCUT2D eigenvalue weighted by atomic mass is 19.4. The van der Waals surface area contributed by atoms with Crippen molar-refractivity contribution in [3.8, 4) is 11.5 Å². The predicted molar refractivity (Wildman–Crippen MR) is 127 cm³/mol. The van der Waals surface area contributed by atoms with Crippen LogP contribution in [0.15, 0.2) is 30.7 Å². The molecular weight excluding hydrogens is 525 g/mol. The number of hydrogen-bond donors (Lipinski definition) is 2. The molecule has 202 valence electrons. The molecular formula is C24H20F5N9O. The number of aryl methyl sites for hydroxylation is 1. The number of nitrogens with two attached hydrogens (primary N) is 1. The topological polar surface area (TPSA) is 137 Å². The van der Waals surface area contributed by atoms with Gasteiger partial charge in [0.1, 0.15) is 22.7 Å². The van der Waals surface area contributed by atoms with Gasteiger partial charge in [0.05, 0.1) is 22.6 Å². The van der Waals surface area contributed by atoms with Gasteiger partial charge in [0.15, 0.2) is 11.5 Å². The highest BCUT2D eigenvalue weighted by molar-refractivity contribution is 6.08. The van der Waals surface area contributed by atoms with Crippen LogP contribution in [0.25, 0.3) is 17.2 Å². The van der Waals surface area contributed by atoms with E-state index in [-0.39, 0.29) is 34.5 Å². The van der Waals surface area contributed by atoms with Crippen LogP contribution in [-0.2, 0) is 16.6 Å². The molecule has 0 radical (unpaired) electrons. The molecule has 5 heterocycles. The molecule has 1 unspecified atom stereocenters. The number of aromatic nitrogens is 7. The van der Waals surface area contributed by atoms with Gasteiger partial charge in [-0.1, -0.05) is 0 Å². The van der Waals surface area contributed by atoms with Crippen molar-refractivity contribution in [2.75, 3.05) is 11.1 Å². The smallest absolute Gasteiger partial charge is 0.383 e. The normalized spacial score (nSPS) is 19.4. The lowest BCUT2D eigenvalue weighted by Crippen LogP contribution is -2.36. The molecule has 4 aromatic rings. The maximum Gasteiger partial charge on any atom is 0.453 e. The Balaban J connectivity index is 1.38. The average molecular weight is 545 g/mol. The van der Waals surface area contributed by atoms with Gasteiger partial charge in [0.2, 0.25) is 5.91 Å². The number of nitrogens with one attached hydrogen (secondary N) is 1. The number of carbonyl (C=O) groups excluding carboxylic acids is 1. The van der Waals surface area contributed by atoms with Crippen molar-refractivity contribution in [1.29, 1.82) is 0 Å². The number of fused-ring (bicyclic) bond motifs is 2. The third kappa shape index (κ3) is 4.03. The van der Waals surface area contributed by atoms with Gasteiger partial charge in [-0.2, -0.15) is 32.1 Å². The van der Waals surface area contributed by atoms with Crippen LogP contribution < -0.4 is 11.1 Å². The molecule has 6 rings (SSSR count). The first-order valence-corrected chi connectivity index (χ1v) is 12.0. The number of alkyl halides is 5. The van der Waals surface area contributed by atoms with Crippen molar-refractivity contribution < 1.29 is 26.7 Å². The average Bonchev–Trinajstić information content (AvgIpc) is 3.56. The molecule has 2 aliphatic rings. The van der Waals surface area contributed by atoms with Crippen molar-refractivity contribution in [3.63, 3.8) is 0 Å². The Morgan fingerprint density at radius 3 is 2.56 bits per heavy atom. The lowest BCUT2D eigenvalue weighted by Gasteiger charge is -2.21. The molecule has 1 aliphatic heterocycles. The number of amides is 1. The second-order valence-electron chi connectivity index (χ2n) is 9.79. The molecule has 0 spiro atoms. The number of halogens is 5. The molecule has 10 nitrogen and oxygen atoms in total. The summed E-state index contributed by atoms with van der Waals surface area (Å²) >= 11 is 0. The summed E-state index contributed by atoms with van der Waals surface area (Å²) in [5, 5.41) is 11.2. The second-order valence-corrected chi connectivity index (χ2v) is 9.79.